The van der Waals surface area contributed by atoms with Gasteiger partial charge in [0, 0.05) is 10.9 Å². The minimum absolute atomic E-state index is 0.148. The molecule has 0 aliphatic rings. The van der Waals surface area contributed by atoms with Gasteiger partial charge in [0.2, 0.25) is 0 Å². The summed E-state index contributed by atoms with van der Waals surface area (Å²) in [6, 6.07) is 5.70. The maximum absolute atomic E-state index is 10.2. The third kappa shape index (κ3) is 4.34. The van der Waals surface area contributed by atoms with Crippen LogP contribution in [0, 0.1) is 6.92 Å². The van der Waals surface area contributed by atoms with Gasteiger partial charge in [-0.05, 0) is 37.1 Å². The molecule has 1 aromatic rings. The Bertz CT molecular complexity index is 350. The lowest BCUT2D eigenvalue weighted by Crippen LogP contribution is -2.02. The van der Waals surface area contributed by atoms with Gasteiger partial charge >= 0.3 is 5.97 Å². The van der Waals surface area contributed by atoms with Crippen LogP contribution in [0.15, 0.2) is 22.7 Å². The molecule has 0 amide bonds. The van der Waals surface area contributed by atoms with Gasteiger partial charge in [0.25, 0.3) is 0 Å². The Morgan fingerprint density at radius 3 is 2.87 bits per heavy atom. The van der Waals surface area contributed by atoms with Crippen LogP contribution >= 0.6 is 15.9 Å². The van der Waals surface area contributed by atoms with Crippen LogP contribution in [-0.4, -0.2) is 17.7 Å². The summed E-state index contributed by atoms with van der Waals surface area (Å²) in [5.41, 5.74) is 1.10. The predicted molar refractivity (Wildman–Crippen MR) is 61.2 cm³/mol. The van der Waals surface area contributed by atoms with Crippen molar-refractivity contribution in [1.29, 1.82) is 0 Å². The fourth-order valence-electron chi connectivity index (χ4n) is 1.12. The Morgan fingerprint density at radius 1 is 1.53 bits per heavy atom. The molecule has 0 aliphatic heterocycles. The van der Waals surface area contributed by atoms with Crippen molar-refractivity contribution in [2.75, 3.05) is 6.61 Å². The maximum Gasteiger partial charge on any atom is 0.303 e. The molecule has 0 saturated heterocycles. The molecule has 4 heteroatoms. The van der Waals surface area contributed by atoms with Crippen LogP contribution in [0.4, 0.5) is 0 Å². The first-order chi connectivity index (χ1) is 7.09. The van der Waals surface area contributed by atoms with Crippen LogP contribution in [0.3, 0.4) is 0 Å². The van der Waals surface area contributed by atoms with E-state index in [0.29, 0.717) is 13.0 Å². The Labute approximate surface area is 97.2 Å². The number of hydrogen-bond acceptors (Lipinski definition) is 2. The van der Waals surface area contributed by atoms with Gasteiger partial charge in [-0.15, -0.1) is 0 Å². The molecule has 1 aromatic carbocycles. The zero-order valence-electron chi connectivity index (χ0n) is 8.50. The van der Waals surface area contributed by atoms with Crippen LogP contribution in [0.1, 0.15) is 18.4 Å². The molecule has 0 saturated carbocycles. The normalized spacial score (nSPS) is 10.0. The maximum atomic E-state index is 10.2. The molecule has 0 bridgehead atoms. The Kier molecular flexibility index (Phi) is 4.62. The van der Waals surface area contributed by atoms with Crippen LogP contribution in [0.25, 0.3) is 0 Å². The highest BCUT2D eigenvalue weighted by Gasteiger charge is 1.99. The standard InChI is InChI=1S/C11H13BrO3/c1-8-7-9(4-5-10(8)12)15-6-2-3-11(13)14/h4-5,7H,2-3,6H2,1H3,(H,13,14). The first kappa shape index (κ1) is 12.0. The summed E-state index contributed by atoms with van der Waals surface area (Å²) >= 11 is 3.40. The van der Waals surface area contributed by atoms with E-state index in [9.17, 15) is 4.79 Å². The summed E-state index contributed by atoms with van der Waals surface area (Å²) in [5, 5.41) is 8.43. The van der Waals surface area contributed by atoms with E-state index >= 15 is 0 Å². The summed E-state index contributed by atoms with van der Waals surface area (Å²) in [5.74, 6) is -0.00771. The number of aryl methyl sites for hydroxylation is 1. The zero-order chi connectivity index (χ0) is 11.3. The van der Waals surface area contributed by atoms with E-state index in [1.807, 2.05) is 25.1 Å². The monoisotopic (exact) mass is 272 g/mol. The third-order valence-electron chi connectivity index (χ3n) is 1.93. The van der Waals surface area contributed by atoms with E-state index in [0.717, 1.165) is 15.8 Å². The quantitative estimate of drug-likeness (QED) is 0.839. The first-order valence-corrected chi connectivity index (χ1v) is 5.49. The molecule has 0 spiro atoms. The molecular weight excluding hydrogens is 260 g/mol. The number of hydrogen-bond donors (Lipinski definition) is 1. The van der Waals surface area contributed by atoms with Gasteiger partial charge in [-0.2, -0.15) is 0 Å². The summed E-state index contributed by atoms with van der Waals surface area (Å²) in [4.78, 5) is 10.2. The van der Waals surface area contributed by atoms with Crippen molar-refractivity contribution < 1.29 is 14.6 Å². The van der Waals surface area contributed by atoms with Crippen LogP contribution in [0.5, 0.6) is 5.75 Å². The van der Waals surface area contributed by atoms with Gasteiger partial charge in [0.15, 0.2) is 0 Å². The number of benzene rings is 1. The van der Waals surface area contributed by atoms with Crippen molar-refractivity contribution in [1.82, 2.24) is 0 Å². The van der Waals surface area contributed by atoms with Crippen molar-refractivity contribution in [3.05, 3.63) is 28.2 Å². The lowest BCUT2D eigenvalue weighted by atomic mass is 10.2. The molecule has 82 valence electrons. The average Bonchev–Trinajstić information content (AvgIpc) is 2.18. The van der Waals surface area contributed by atoms with E-state index in [1.165, 1.54) is 0 Å². The van der Waals surface area contributed by atoms with Crippen molar-refractivity contribution >= 4 is 21.9 Å². The topological polar surface area (TPSA) is 46.5 Å². The van der Waals surface area contributed by atoms with E-state index in [-0.39, 0.29) is 6.42 Å². The molecule has 0 aromatic heterocycles. The fourth-order valence-corrected chi connectivity index (χ4v) is 1.37. The number of carbonyl (C=O) groups is 1. The zero-order valence-corrected chi connectivity index (χ0v) is 10.1. The Hall–Kier alpha value is -1.03. The Balaban J connectivity index is 2.38. The van der Waals surface area contributed by atoms with Gasteiger partial charge < -0.3 is 9.84 Å². The van der Waals surface area contributed by atoms with Crippen molar-refractivity contribution in [3.63, 3.8) is 0 Å². The number of carboxylic acid groups (broad SMARTS) is 1. The lowest BCUT2D eigenvalue weighted by molar-refractivity contribution is -0.137. The highest BCUT2D eigenvalue weighted by atomic mass is 79.9. The predicted octanol–water partition coefficient (Wildman–Crippen LogP) is 3.00. The van der Waals surface area contributed by atoms with Crippen LogP contribution < -0.4 is 4.74 Å². The van der Waals surface area contributed by atoms with Crippen molar-refractivity contribution in [2.45, 2.75) is 19.8 Å². The van der Waals surface area contributed by atoms with E-state index < -0.39 is 5.97 Å². The number of aliphatic carboxylic acids is 1. The molecule has 0 unspecified atom stereocenters. The van der Waals surface area contributed by atoms with Gasteiger partial charge in [-0.3, -0.25) is 4.79 Å². The lowest BCUT2D eigenvalue weighted by Gasteiger charge is -2.06. The molecule has 15 heavy (non-hydrogen) atoms. The molecule has 0 fully saturated rings. The second kappa shape index (κ2) is 5.75. The number of halogens is 1. The number of rotatable bonds is 5. The van der Waals surface area contributed by atoms with Crippen LogP contribution in [-0.2, 0) is 4.79 Å². The summed E-state index contributed by atoms with van der Waals surface area (Å²) in [6.07, 6.45) is 0.681. The third-order valence-corrected chi connectivity index (χ3v) is 2.82. The molecule has 0 aliphatic carbocycles. The second-order valence-electron chi connectivity index (χ2n) is 3.26. The second-order valence-corrected chi connectivity index (χ2v) is 4.11. The SMILES string of the molecule is Cc1cc(OCCCC(=O)O)ccc1Br. The van der Waals surface area contributed by atoms with Crippen molar-refractivity contribution in [3.8, 4) is 5.75 Å². The fraction of sp³-hybridized carbons (Fsp3) is 0.364. The van der Waals surface area contributed by atoms with Gasteiger partial charge in [0.1, 0.15) is 5.75 Å². The molecule has 0 radical (unpaired) electrons. The average molecular weight is 273 g/mol. The van der Waals surface area contributed by atoms with Crippen molar-refractivity contribution in [2.24, 2.45) is 0 Å². The summed E-state index contributed by atoms with van der Waals surface area (Å²) in [7, 11) is 0. The minimum atomic E-state index is -0.786. The van der Waals surface area contributed by atoms with E-state index in [2.05, 4.69) is 15.9 Å². The molecule has 3 nitrogen and oxygen atoms in total. The minimum Gasteiger partial charge on any atom is -0.494 e. The highest BCUT2D eigenvalue weighted by molar-refractivity contribution is 9.10. The van der Waals surface area contributed by atoms with Crippen LogP contribution in [0.2, 0.25) is 0 Å². The molecule has 0 heterocycles. The Morgan fingerprint density at radius 2 is 2.27 bits per heavy atom. The van der Waals surface area contributed by atoms with E-state index in [4.69, 9.17) is 9.84 Å². The molecule has 0 atom stereocenters. The van der Waals surface area contributed by atoms with E-state index in [1.54, 1.807) is 0 Å². The van der Waals surface area contributed by atoms with Gasteiger partial charge in [-0.1, -0.05) is 15.9 Å². The number of ether oxygens (including phenoxy) is 1. The highest BCUT2D eigenvalue weighted by Crippen LogP contribution is 2.21. The first-order valence-electron chi connectivity index (χ1n) is 4.70. The molecule has 1 N–H and O–H groups in total. The largest absolute Gasteiger partial charge is 0.494 e. The van der Waals surface area contributed by atoms with Gasteiger partial charge in [-0.25, -0.2) is 0 Å². The summed E-state index contributed by atoms with van der Waals surface area (Å²) in [6.45, 7) is 2.42. The summed E-state index contributed by atoms with van der Waals surface area (Å²) < 4.78 is 6.45. The number of carboxylic acids is 1. The molecule has 1 rings (SSSR count). The molecular formula is C11H13BrO3. The van der Waals surface area contributed by atoms with Gasteiger partial charge in [0.05, 0.1) is 6.61 Å². The smallest absolute Gasteiger partial charge is 0.303 e.